The van der Waals surface area contributed by atoms with E-state index in [0.717, 1.165) is 0 Å². The molecule has 0 saturated carbocycles. The van der Waals surface area contributed by atoms with Gasteiger partial charge in [0.05, 0.1) is 25.9 Å². The largest absolute Gasteiger partial charge is 0.370 e. The Hall–Kier alpha value is -1.34. The maximum atomic E-state index is 11.1. The van der Waals surface area contributed by atoms with E-state index in [1.54, 1.807) is 19.9 Å². The molecule has 0 bridgehead atoms. The normalized spacial score (nSPS) is 45.3. The smallest absolute Gasteiger partial charge is 0.206 e. The predicted octanol–water partition coefficient (Wildman–Crippen LogP) is 1.62. The van der Waals surface area contributed by atoms with Crippen LogP contribution < -0.4 is 0 Å². The molecule has 0 amide bonds. The zero-order valence-corrected chi connectivity index (χ0v) is 25.4. The van der Waals surface area contributed by atoms with Crippen LogP contribution in [-0.4, -0.2) is 122 Å². The lowest BCUT2D eigenvalue weighted by Gasteiger charge is -2.30. The van der Waals surface area contributed by atoms with Gasteiger partial charge in [-0.15, -0.1) is 6.58 Å². The quantitative estimate of drug-likeness (QED) is 0.177. The third-order valence-electron chi connectivity index (χ3n) is 8.17. The van der Waals surface area contributed by atoms with Crippen molar-refractivity contribution in [3.05, 3.63) is 22.8 Å². The first-order chi connectivity index (χ1) is 20.2. The van der Waals surface area contributed by atoms with Gasteiger partial charge in [-0.3, -0.25) is 10.1 Å². The Kier molecular flexibility index (Phi) is 8.67. The Balaban J connectivity index is 1.13. The molecule has 15 nitrogen and oxygen atoms in total. The van der Waals surface area contributed by atoms with E-state index in [1.807, 2.05) is 27.7 Å². The molecule has 12 atom stereocenters. The summed E-state index contributed by atoms with van der Waals surface area (Å²) >= 11 is 0. The Morgan fingerprint density at radius 2 is 1.07 bits per heavy atom. The molecule has 0 aromatic rings. The average molecular weight is 618 g/mol. The Morgan fingerprint density at radius 3 is 1.49 bits per heavy atom. The standard InChI is InChI=1S/C28H43NO14/c1-8-11-32-18-15(36-24-21(18)39-27(4,5)42-24)12-34-19-16(37-25-22(19)40-28(6,7)43-25)13-33-17-14(9-10-29(30)31)35-23-20(17)38-26(2,3)41-23/h8,14-25H,1,9-13H2,2-7H3/t14-,15-,16-,17+,18+,19+,20-,21-,22-,23-,24-,25-/m1/s1. The van der Waals surface area contributed by atoms with Gasteiger partial charge in [-0.2, -0.15) is 0 Å². The summed E-state index contributed by atoms with van der Waals surface area (Å²) in [5.41, 5.74) is 0. The molecule has 0 radical (unpaired) electrons. The third kappa shape index (κ3) is 6.64. The molecule has 6 saturated heterocycles. The fourth-order valence-electron chi connectivity index (χ4n) is 6.57. The maximum Gasteiger partial charge on any atom is 0.206 e. The molecule has 6 heterocycles. The summed E-state index contributed by atoms with van der Waals surface area (Å²) < 4.78 is 73.2. The summed E-state index contributed by atoms with van der Waals surface area (Å²) in [4.78, 5) is 10.7. The Morgan fingerprint density at radius 1 is 0.674 bits per heavy atom. The number of ether oxygens (including phenoxy) is 12. The van der Waals surface area contributed by atoms with Gasteiger partial charge in [0.15, 0.2) is 36.2 Å². The number of nitro groups is 1. The number of hydrogen-bond donors (Lipinski definition) is 0. The Labute approximate surface area is 250 Å². The van der Waals surface area contributed by atoms with Crippen molar-refractivity contribution in [2.75, 3.05) is 26.4 Å². The minimum Gasteiger partial charge on any atom is -0.370 e. The molecular formula is C28H43NO14. The molecule has 0 unspecified atom stereocenters. The van der Waals surface area contributed by atoms with Crippen molar-refractivity contribution >= 4 is 0 Å². The predicted molar refractivity (Wildman–Crippen MR) is 142 cm³/mol. The highest BCUT2D eigenvalue weighted by Gasteiger charge is 2.60. The SMILES string of the molecule is C=CCO[C@@H]1[C@H]2OC(C)(C)O[C@H]2O[C@@H]1CO[C@@H]1[C@H]2OC(C)(C)O[C@H]2O[C@@H]1CO[C@@H]1[C@H]2OC(C)(C)O[C@H]2O[C@@H]1CC[N+](=O)[O-]. The van der Waals surface area contributed by atoms with E-state index in [4.69, 9.17) is 56.8 Å². The minimum absolute atomic E-state index is 0.0639. The van der Waals surface area contributed by atoms with E-state index in [2.05, 4.69) is 6.58 Å². The second kappa shape index (κ2) is 11.8. The average Bonchev–Trinajstić information content (AvgIpc) is 3.67. The van der Waals surface area contributed by atoms with Gasteiger partial charge in [-0.05, 0) is 41.5 Å². The zero-order valence-electron chi connectivity index (χ0n) is 25.4. The summed E-state index contributed by atoms with van der Waals surface area (Å²) in [5, 5.41) is 11.1. The second-order valence-corrected chi connectivity index (χ2v) is 13.0. The zero-order chi connectivity index (χ0) is 30.7. The van der Waals surface area contributed by atoms with E-state index in [-0.39, 0.29) is 31.1 Å². The van der Waals surface area contributed by atoms with Crippen LogP contribution in [0.15, 0.2) is 12.7 Å². The molecular weight excluding hydrogens is 574 g/mol. The van der Waals surface area contributed by atoms with Crippen LogP contribution in [0.1, 0.15) is 48.0 Å². The highest BCUT2D eigenvalue weighted by Crippen LogP contribution is 2.43. The van der Waals surface area contributed by atoms with E-state index in [1.165, 1.54) is 0 Å². The van der Waals surface area contributed by atoms with Crippen LogP contribution >= 0.6 is 0 Å². The van der Waals surface area contributed by atoms with E-state index in [0.29, 0.717) is 6.61 Å². The number of rotatable bonds is 12. The lowest BCUT2D eigenvalue weighted by atomic mass is 10.1. The first-order valence-electron chi connectivity index (χ1n) is 14.8. The van der Waals surface area contributed by atoms with Crippen molar-refractivity contribution in [3.63, 3.8) is 0 Å². The van der Waals surface area contributed by atoms with Gasteiger partial charge < -0.3 is 56.8 Å². The van der Waals surface area contributed by atoms with Gasteiger partial charge in [0, 0.05) is 11.3 Å². The molecule has 43 heavy (non-hydrogen) atoms. The van der Waals surface area contributed by atoms with Gasteiger partial charge >= 0.3 is 0 Å². The lowest BCUT2D eigenvalue weighted by molar-refractivity contribution is -0.482. The van der Waals surface area contributed by atoms with Crippen LogP contribution in [0.5, 0.6) is 0 Å². The van der Waals surface area contributed by atoms with Crippen LogP contribution in [-0.2, 0) is 56.8 Å². The summed E-state index contributed by atoms with van der Waals surface area (Å²) in [7, 11) is 0. The van der Waals surface area contributed by atoms with Gasteiger partial charge in [-0.1, -0.05) is 6.08 Å². The molecule has 6 rings (SSSR count). The van der Waals surface area contributed by atoms with Crippen LogP contribution in [0.4, 0.5) is 0 Å². The topological polar surface area (TPSA) is 154 Å². The minimum atomic E-state index is -0.878. The first-order valence-corrected chi connectivity index (χ1v) is 14.8. The second-order valence-electron chi connectivity index (χ2n) is 13.0. The van der Waals surface area contributed by atoms with E-state index in [9.17, 15) is 10.1 Å². The van der Waals surface area contributed by atoms with Crippen molar-refractivity contribution in [2.45, 2.75) is 139 Å². The van der Waals surface area contributed by atoms with Crippen LogP contribution in [0, 0.1) is 10.1 Å². The summed E-state index contributed by atoms with van der Waals surface area (Å²) in [6, 6.07) is 0. The lowest BCUT2D eigenvalue weighted by Crippen LogP contribution is -2.45. The molecule has 0 spiro atoms. The summed E-state index contributed by atoms with van der Waals surface area (Å²) in [6.45, 7) is 14.8. The number of hydrogen-bond acceptors (Lipinski definition) is 14. The molecule has 15 heteroatoms. The van der Waals surface area contributed by atoms with Gasteiger partial charge in [-0.25, -0.2) is 0 Å². The molecule has 6 aliphatic rings. The molecule has 0 aromatic carbocycles. The van der Waals surface area contributed by atoms with Gasteiger partial charge in [0.2, 0.25) is 6.54 Å². The third-order valence-corrected chi connectivity index (χ3v) is 8.17. The molecule has 6 fully saturated rings. The molecule has 0 aliphatic carbocycles. The van der Waals surface area contributed by atoms with Gasteiger partial charge in [0.1, 0.15) is 48.8 Å². The fraction of sp³-hybridized carbons (Fsp3) is 0.929. The highest BCUT2D eigenvalue weighted by atomic mass is 16.9. The highest BCUT2D eigenvalue weighted by molar-refractivity contribution is 4.99. The van der Waals surface area contributed by atoms with Gasteiger partial charge in [0.25, 0.3) is 0 Å². The van der Waals surface area contributed by atoms with E-state index >= 15 is 0 Å². The van der Waals surface area contributed by atoms with Crippen molar-refractivity contribution in [2.24, 2.45) is 0 Å². The molecule has 0 N–H and O–H groups in total. The molecule has 6 aliphatic heterocycles. The van der Waals surface area contributed by atoms with E-state index < -0.39 is 91.2 Å². The maximum absolute atomic E-state index is 11.1. The van der Waals surface area contributed by atoms with Crippen molar-refractivity contribution in [3.8, 4) is 0 Å². The molecule has 0 aromatic heterocycles. The van der Waals surface area contributed by atoms with Crippen molar-refractivity contribution < 1.29 is 61.8 Å². The Bertz CT molecular complexity index is 1040. The summed E-state index contributed by atoms with van der Waals surface area (Å²) in [5.74, 6) is -2.54. The van der Waals surface area contributed by atoms with Crippen molar-refractivity contribution in [1.29, 1.82) is 0 Å². The number of fused-ring (bicyclic) bond motifs is 3. The van der Waals surface area contributed by atoms with Crippen LogP contribution in [0.2, 0.25) is 0 Å². The first kappa shape index (κ1) is 31.6. The molecule has 244 valence electrons. The fourth-order valence-corrected chi connectivity index (χ4v) is 6.57. The van der Waals surface area contributed by atoms with Crippen LogP contribution in [0.25, 0.3) is 0 Å². The van der Waals surface area contributed by atoms with Crippen molar-refractivity contribution in [1.82, 2.24) is 0 Å². The summed E-state index contributed by atoms with van der Waals surface area (Å²) in [6.07, 6.45) is -5.05. The number of nitrogens with zero attached hydrogens (tertiary/aromatic N) is 1. The monoisotopic (exact) mass is 617 g/mol. The van der Waals surface area contributed by atoms with Crippen LogP contribution in [0.3, 0.4) is 0 Å².